The molecule has 0 aliphatic heterocycles. The van der Waals surface area contributed by atoms with Gasteiger partial charge in [0, 0.05) is 24.5 Å². The lowest BCUT2D eigenvalue weighted by atomic mass is 10.2. The number of carbonyl (C=O) groups excluding carboxylic acids is 1. The van der Waals surface area contributed by atoms with Crippen molar-refractivity contribution >= 4 is 17.5 Å². The maximum Gasteiger partial charge on any atom is 0.270 e. The van der Waals surface area contributed by atoms with Gasteiger partial charge in [-0.05, 0) is 35.9 Å². The van der Waals surface area contributed by atoms with Crippen molar-refractivity contribution in [2.75, 3.05) is 12.4 Å². The van der Waals surface area contributed by atoms with Gasteiger partial charge in [-0.15, -0.1) is 0 Å². The van der Waals surface area contributed by atoms with Crippen molar-refractivity contribution in [3.05, 3.63) is 77.9 Å². The van der Waals surface area contributed by atoms with Gasteiger partial charge in [0.05, 0.1) is 7.11 Å². The fraction of sp³-hybridized carbons (Fsp3) is 0.105. The number of rotatable bonds is 6. The Kier molecular flexibility index (Phi) is 5.38. The molecule has 3 rings (SSSR count). The van der Waals surface area contributed by atoms with Crippen LogP contribution < -0.4 is 15.4 Å². The molecule has 1 heterocycles. The summed E-state index contributed by atoms with van der Waals surface area (Å²) in [6.07, 6.45) is 1.50. The molecule has 0 unspecified atom stereocenters. The van der Waals surface area contributed by atoms with Gasteiger partial charge >= 0.3 is 0 Å². The molecule has 2 N–H and O–H groups in total. The van der Waals surface area contributed by atoms with Crippen LogP contribution in [0.1, 0.15) is 16.1 Å². The van der Waals surface area contributed by atoms with Gasteiger partial charge < -0.3 is 15.4 Å². The number of nitrogens with one attached hydrogen (secondary N) is 2. The van der Waals surface area contributed by atoms with E-state index in [4.69, 9.17) is 4.74 Å². The van der Waals surface area contributed by atoms with Crippen molar-refractivity contribution in [1.29, 1.82) is 0 Å². The van der Waals surface area contributed by atoms with Gasteiger partial charge in [-0.3, -0.25) is 4.79 Å². The van der Waals surface area contributed by atoms with E-state index in [1.54, 1.807) is 25.3 Å². The van der Waals surface area contributed by atoms with Crippen LogP contribution in [0.25, 0.3) is 0 Å². The zero-order valence-corrected chi connectivity index (χ0v) is 14.1. The first-order valence-corrected chi connectivity index (χ1v) is 7.91. The van der Waals surface area contributed by atoms with Gasteiger partial charge in [-0.25, -0.2) is 14.4 Å². The van der Waals surface area contributed by atoms with E-state index in [0.717, 1.165) is 11.3 Å². The molecule has 0 saturated heterocycles. The van der Waals surface area contributed by atoms with Crippen molar-refractivity contribution < 1.29 is 13.9 Å². The molecular formula is C19H17FN4O2. The number of hydrogen-bond acceptors (Lipinski definition) is 5. The predicted octanol–water partition coefficient (Wildman–Crippen LogP) is 3.30. The van der Waals surface area contributed by atoms with E-state index < -0.39 is 0 Å². The van der Waals surface area contributed by atoms with Crippen molar-refractivity contribution in [2.24, 2.45) is 0 Å². The molecule has 1 amide bonds. The Morgan fingerprint density at radius 1 is 1.15 bits per heavy atom. The van der Waals surface area contributed by atoms with Crippen molar-refractivity contribution in [2.45, 2.75) is 6.54 Å². The van der Waals surface area contributed by atoms with E-state index in [-0.39, 0.29) is 24.0 Å². The van der Waals surface area contributed by atoms with E-state index in [2.05, 4.69) is 20.6 Å². The average molecular weight is 352 g/mol. The second-order valence-corrected chi connectivity index (χ2v) is 5.43. The first-order valence-electron chi connectivity index (χ1n) is 7.91. The molecule has 0 fully saturated rings. The van der Waals surface area contributed by atoms with E-state index in [1.165, 1.54) is 24.4 Å². The molecule has 132 valence electrons. The molecule has 1 aromatic heterocycles. The van der Waals surface area contributed by atoms with Crippen LogP contribution in [0.2, 0.25) is 0 Å². The predicted molar refractivity (Wildman–Crippen MR) is 95.9 cm³/mol. The van der Waals surface area contributed by atoms with Crippen LogP contribution in [0.4, 0.5) is 16.0 Å². The maximum absolute atomic E-state index is 12.9. The second-order valence-electron chi connectivity index (χ2n) is 5.43. The van der Waals surface area contributed by atoms with Gasteiger partial charge in [-0.2, -0.15) is 0 Å². The van der Waals surface area contributed by atoms with E-state index in [0.29, 0.717) is 11.7 Å². The first-order chi connectivity index (χ1) is 12.6. The second kappa shape index (κ2) is 8.06. The summed E-state index contributed by atoms with van der Waals surface area (Å²) in [5, 5.41) is 5.77. The molecule has 0 bridgehead atoms. The van der Waals surface area contributed by atoms with Gasteiger partial charge in [0.15, 0.2) is 0 Å². The van der Waals surface area contributed by atoms with Crippen molar-refractivity contribution in [3.8, 4) is 5.75 Å². The fourth-order valence-corrected chi connectivity index (χ4v) is 2.25. The van der Waals surface area contributed by atoms with Crippen LogP contribution in [0, 0.1) is 5.82 Å². The number of ether oxygens (including phenoxy) is 1. The number of benzene rings is 2. The summed E-state index contributed by atoms with van der Waals surface area (Å²) in [6.45, 7) is 0.280. The number of carbonyl (C=O) groups is 1. The van der Waals surface area contributed by atoms with E-state index in [9.17, 15) is 9.18 Å². The van der Waals surface area contributed by atoms with Crippen LogP contribution in [-0.4, -0.2) is 23.0 Å². The molecule has 0 atom stereocenters. The Morgan fingerprint density at radius 3 is 2.73 bits per heavy atom. The summed E-state index contributed by atoms with van der Waals surface area (Å²) in [4.78, 5) is 20.6. The lowest BCUT2D eigenvalue weighted by molar-refractivity contribution is 0.0946. The normalized spacial score (nSPS) is 10.2. The summed E-state index contributed by atoms with van der Waals surface area (Å²) in [7, 11) is 1.59. The number of nitrogens with zero attached hydrogens (tertiary/aromatic N) is 2. The number of hydrogen-bond donors (Lipinski definition) is 2. The SMILES string of the molecule is COc1cccc(Nc2nccc(C(=O)NCc3ccc(F)cc3)n2)c1. The molecule has 0 radical (unpaired) electrons. The number of amides is 1. The summed E-state index contributed by atoms with van der Waals surface area (Å²) < 4.78 is 18.1. The Morgan fingerprint density at radius 2 is 1.96 bits per heavy atom. The van der Waals surface area contributed by atoms with Crippen molar-refractivity contribution in [3.63, 3.8) is 0 Å². The summed E-state index contributed by atoms with van der Waals surface area (Å²) >= 11 is 0. The van der Waals surface area contributed by atoms with E-state index >= 15 is 0 Å². The number of halogens is 1. The van der Waals surface area contributed by atoms with Crippen LogP contribution >= 0.6 is 0 Å². The van der Waals surface area contributed by atoms with Crippen LogP contribution in [-0.2, 0) is 6.54 Å². The Labute approximate surface area is 150 Å². The van der Waals surface area contributed by atoms with Crippen LogP contribution in [0.3, 0.4) is 0 Å². The minimum atomic E-state index is -0.342. The fourth-order valence-electron chi connectivity index (χ4n) is 2.25. The highest BCUT2D eigenvalue weighted by Crippen LogP contribution is 2.19. The summed E-state index contributed by atoms with van der Waals surface area (Å²) in [6, 6.07) is 14.8. The molecule has 2 aromatic carbocycles. The average Bonchev–Trinajstić information content (AvgIpc) is 2.67. The van der Waals surface area contributed by atoms with Crippen LogP contribution in [0.5, 0.6) is 5.75 Å². The molecule has 3 aromatic rings. The summed E-state index contributed by atoms with van der Waals surface area (Å²) in [5.41, 5.74) is 1.77. The molecule has 0 aliphatic rings. The maximum atomic E-state index is 12.9. The highest BCUT2D eigenvalue weighted by molar-refractivity contribution is 5.92. The molecule has 6 nitrogen and oxygen atoms in total. The zero-order valence-electron chi connectivity index (χ0n) is 14.1. The number of anilines is 2. The van der Waals surface area contributed by atoms with Crippen LogP contribution in [0.15, 0.2) is 60.8 Å². The minimum absolute atomic E-state index is 0.229. The minimum Gasteiger partial charge on any atom is -0.497 e. The monoisotopic (exact) mass is 352 g/mol. The molecular weight excluding hydrogens is 335 g/mol. The molecule has 0 saturated carbocycles. The smallest absolute Gasteiger partial charge is 0.270 e. The number of methoxy groups -OCH3 is 1. The molecule has 26 heavy (non-hydrogen) atoms. The van der Waals surface area contributed by atoms with Gasteiger partial charge in [0.2, 0.25) is 5.95 Å². The zero-order chi connectivity index (χ0) is 18.4. The first kappa shape index (κ1) is 17.3. The third-order valence-electron chi connectivity index (χ3n) is 3.58. The summed E-state index contributed by atoms with van der Waals surface area (Å²) in [5.74, 6) is 0.338. The largest absolute Gasteiger partial charge is 0.497 e. The van der Waals surface area contributed by atoms with Gasteiger partial charge in [0.1, 0.15) is 17.3 Å². The molecule has 7 heteroatoms. The third-order valence-corrected chi connectivity index (χ3v) is 3.58. The molecule has 0 spiro atoms. The lowest BCUT2D eigenvalue weighted by Crippen LogP contribution is -2.24. The topological polar surface area (TPSA) is 76.1 Å². The van der Waals surface area contributed by atoms with Gasteiger partial charge in [0.25, 0.3) is 5.91 Å². The molecule has 0 aliphatic carbocycles. The van der Waals surface area contributed by atoms with Crippen molar-refractivity contribution in [1.82, 2.24) is 15.3 Å². The number of aromatic nitrogens is 2. The highest BCUT2D eigenvalue weighted by atomic mass is 19.1. The van der Waals surface area contributed by atoms with E-state index in [1.807, 2.05) is 18.2 Å². The quantitative estimate of drug-likeness (QED) is 0.712. The lowest BCUT2D eigenvalue weighted by Gasteiger charge is -2.08. The van der Waals surface area contributed by atoms with Gasteiger partial charge in [-0.1, -0.05) is 18.2 Å². The highest BCUT2D eigenvalue weighted by Gasteiger charge is 2.09. The Bertz CT molecular complexity index is 900. The Balaban J connectivity index is 1.65. The Hall–Kier alpha value is -3.48. The third kappa shape index (κ3) is 4.54. The standard InChI is InChI=1S/C19H17FN4O2/c1-26-16-4-2-3-15(11-16)23-19-21-10-9-17(24-19)18(25)22-12-13-5-7-14(20)8-6-13/h2-11H,12H2,1H3,(H,22,25)(H,21,23,24).